The summed E-state index contributed by atoms with van der Waals surface area (Å²) in [6, 6.07) is 6.52. The SMILES string of the molecule is O=C(C[C@H]1SC(=O)NC1=O)Oc1ccc(/C=C2\SC(=S)NC2=O)cc1. The van der Waals surface area contributed by atoms with Crippen molar-refractivity contribution in [3.63, 3.8) is 0 Å². The fourth-order valence-electron chi connectivity index (χ4n) is 2.06. The number of carbonyl (C=O) groups is 4. The Balaban J connectivity index is 1.59. The highest BCUT2D eigenvalue weighted by molar-refractivity contribution is 8.26. The standard InChI is InChI=1S/C15H10N2O5S3/c18-11(6-10-12(19)16-14(21)24-10)22-8-3-1-7(2-4-8)5-9-13(20)17-15(23)25-9/h1-5,10H,6H2,(H,16,19,21)(H,17,20,23)/b9-5-/t10-/m1/s1. The van der Waals surface area contributed by atoms with Crippen molar-refractivity contribution < 1.29 is 23.9 Å². The Bertz CT molecular complexity index is 819. The average Bonchev–Trinajstić information content (AvgIpc) is 3.02. The molecule has 3 rings (SSSR count). The van der Waals surface area contributed by atoms with Crippen LogP contribution >= 0.6 is 35.7 Å². The molecule has 2 aliphatic rings. The summed E-state index contributed by atoms with van der Waals surface area (Å²) in [4.78, 5) is 46.4. The van der Waals surface area contributed by atoms with Crippen LogP contribution < -0.4 is 15.4 Å². The lowest BCUT2D eigenvalue weighted by Crippen LogP contribution is -2.27. The quantitative estimate of drug-likeness (QED) is 0.345. The first-order valence-corrected chi connectivity index (χ1v) is 9.08. The second-order valence-corrected chi connectivity index (χ2v) is 7.88. The van der Waals surface area contributed by atoms with Gasteiger partial charge in [0.15, 0.2) is 0 Å². The minimum Gasteiger partial charge on any atom is -0.426 e. The van der Waals surface area contributed by atoms with Crippen molar-refractivity contribution in [2.75, 3.05) is 0 Å². The number of amides is 3. The molecule has 128 valence electrons. The van der Waals surface area contributed by atoms with Crippen LogP contribution in [-0.4, -0.2) is 32.6 Å². The summed E-state index contributed by atoms with van der Waals surface area (Å²) in [5.41, 5.74) is 0.749. The van der Waals surface area contributed by atoms with Gasteiger partial charge in [0.25, 0.3) is 11.1 Å². The molecular formula is C15H10N2O5S3. The fraction of sp³-hybridized carbons (Fsp3) is 0.133. The number of benzene rings is 1. The molecule has 0 radical (unpaired) electrons. The first-order valence-electron chi connectivity index (χ1n) is 6.98. The zero-order valence-corrected chi connectivity index (χ0v) is 14.9. The van der Waals surface area contributed by atoms with E-state index in [2.05, 4.69) is 10.6 Å². The van der Waals surface area contributed by atoms with Crippen molar-refractivity contribution in [2.24, 2.45) is 0 Å². The topological polar surface area (TPSA) is 102 Å². The molecule has 0 unspecified atom stereocenters. The van der Waals surface area contributed by atoms with Crippen molar-refractivity contribution in [2.45, 2.75) is 11.7 Å². The highest BCUT2D eigenvalue weighted by Crippen LogP contribution is 2.27. The summed E-state index contributed by atoms with van der Waals surface area (Å²) in [6.07, 6.45) is 1.48. The third kappa shape index (κ3) is 4.47. The molecule has 1 atom stereocenters. The predicted molar refractivity (Wildman–Crippen MR) is 97.9 cm³/mol. The van der Waals surface area contributed by atoms with E-state index in [4.69, 9.17) is 17.0 Å². The predicted octanol–water partition coefficient (Wildman–Crippen LogP) is 1.82. The van der Waals surface area contributed by atoms with E-state index in [1.54, 1.807) is 30.3 Å². The van der Waals surface area contributed by atoms with E-state index < -0.39 is 22.4 Å². The number of carbonyl (C=O) groups excluding carboxylic acids is 4. The minimum absolute atomic E-state index is 0.192. The van der Waals surface area contributed by atoms with Crippen LogP contribution in [0.2, 0.25) is 0 Å². The Morgan fingerprint density at radius 1 is 1.20 bits per heavy atom. The third-order valence-electron chi connectivity index (χ3n) is 3.17. The van der Waals surface area contributed by atoms with Crippen molar-refractivity contribution in [3.05, 3.63) is 34.7 Å². The largest absolute Gasteiger partial charge is 0.426 e. The van der Waals surface area contributed by atoms with Crippen LogP contribution in [0.25, 0.3) is 6.08 Å². The number of thioether (sulfide) groups is 2. The molecule has 0 saturated carbocycles. The highest BCUT2D eigenvalue weighted by atomic mass is 32.2. The molecule has 10 heteroatoms. The van der Waals surface area contributed by atoms with Crippen molar-refractivity contribution in [3.8, 4) is 5.75 Å². The molecule has 1 aromatic carbocycles. The Hall–Kier alpha value is -2.17. The molecule has 2 saturated heterocycles. The van der Waals surface area contributed by atoms with E-state index in [0.29, 0.717) is 15.0 Å². The number of ether oxygens (including phenoxy) is 1. The van der Waals surface area contributed by atoms with E-state index in [-0.39, 0.29) is 12.3 Å². The van der Waals surface area contributed by atoms with Gasteiger partial charge in [0.05, 0.1) is 11.3 Å². The van der Waals surface area contributed by atoms with Crippen LogP contribution in [0.15, 0.2) is 29.2 Å². The minimum atomic E-state index is -0.759. The van der Waals surface area contributed by atoms with Crippen LogP contribution in [0.1, 0.15) is 12.0 Å². The molecule has 2 fully saturated rings. The monoisotopic (exact) mass is 394 g/mol. The maximum atomic E-state index is 11.9. The van der Waals surface area contributed by atoms with Crippen LogP contribution in [0.5, 0.6) is 5.75 Å². The second-order valence-electron chi connectivity index (χ2n) is 4.98. The van der Waals surface area contributed by atoms with Gasteiger partial charge in [-0.3, -0.25) is 24.5 Å². The van der Waals surface area contributed by atoms with Crippen molar-refractivity contribution in [1.82, 2.24) is 10.6 Å². The zero-order chi connectivity index (χ0) is 18.0. The van der Waals surface area contributed by atoms with Gasteiger partial charge in [-0.05, 0) is 23.8 Å². The zero-order valence-electron chi connectivity index (χ0n) is 12.4. The van der Waals surface area contributed by atoms with Gasteiger partial charge in [-0.15, -0.1) is 0 Å². The molecule has 2 heterocycles. The van der Waals surface area contributed by atoms with Gasteiger partial charge < -0.3 is 10.1 Å². The lowest BCUT2D eigenvalue weighted by molar-refractivity contribution is -0.135. The van der Waals surface area contributed by atoms with Crippen molar-refractivity contribution >= 4 is 69.2 Å². The summed E-state index contributed by atoms with van der Waals surface area (Å²) in [6.45, 7) is 0. The van der Waals surface area contributed by atoms with Gasteiger partial charge in [0.1, 0.15) is 15.3 Å². The molecule has 7 nitrogen and oxygen atoms in total. The Kier molecular flexibility index (Phi) is 5.21. The van der Waals surface area contributed by atoms with E-state index in [0.717, 1.165) is 17.3 Å². The molecule has 0 spiro atoms. The van der Waals surface area contributed by atoms with E-state index in [9.17, 15) is 19.2 Å². The molecule has 2 N–H and O–H groups in total. The molecule has 0 bridgehead atoms. The summed E-state index contributed by atoms with van der Waals surface area (Å²) in [5, 5.41) is 3.41. The number of hydrogen-bond donors (Lipinski definition) is 2. The number of nitrogens with one attached hydrogen (secondary N) is 2. The number of imide groups is 1. The van der Waals surface area contributed by atoms with Crippen LogP contribution in [0.3, 0.4) is 0 Å². The first kappa shape index (κ1) is 17.6. The number of esters is 1. The second kappa shape index (κ2) is 7.38. The van der Waals surface area contributed by atoms with Crippen LogP contribution in [0.4, 0.5) is 4.79 Å². The van der Waals surface area contributed by atoms with Gasteiger partial charge in [-0.25, -0.2) is 0 Å². The molecule has 1 aromatic rings. The summed E-state index contributed by atoms with van der Waals surface area (Å²) >= 11 is 6.87. The lowest BCUT2D eigenvalue weighted by Gasteiger charge is -2.06. The Morgan fingerprint density at radius 2 is 1.92 bits per heavy atom. The maximum Gasteiger partial charge on any atom is 0.312 e. The van der Waals surface area contributed by atoms with Gasteiger partial charge in [-0.1, -0.05) is 47.9 Å². The number of thiocarbonyl (C=S) groups is 1. The van der Waals surface area contributed by atoms with E-state index in [1.165, 1.54) is 11.8 Å². The van der Waals surface area contributed by atoms with E-state index in [1.807, 2.05) is 0 Å². The van der Waals surface area contributed by atoms with Crippen LogP contribution in [-0.2, 0) is 14.4 Å². The third-order valence-corrected chi connectivity index (χ3v) is 5.31. The molecular weight excluding hydrogens is 384 g/mol. The summed E-state index contributed by atoms with van der Waals surface area (Å²) in [5.74, 6) is -1.03. The summed E-state index contributed by atoms with van der Waals surface area (Å²) in [7, 11) is 0. The fourth-order valence-corrected chi connectivity index (χ4v) is 3.90. The molecule has 0 aliphatic carbocycles. The Morgan fingerprint density at radius 3 is 2.48 bits per heavy atom. The normalized spacial score (nSPS) is 21.4. The number of hydrogen-bond acceptors (Lipinski definition) is 8. The molecule has 0 aromatic heterocycles. The molecule has 3 amide bonds. The lowest BCUT2D eigenvalue weighted by atomic mass is 10.2. The van der Waals surface area contributed by atoms with E-state index >= 15 is 0 Å². The smallest absolute Gasteiger partial charge is 0.312 e. The average molecular weight is 394 g/mol. The maximum absolute atomic E-state index is 11.9. The van der Waals surface area contributed by atoms with Crippen LogP contribution in [0, 0.1) is 0 Å². The Labute approximate surface area is 155 Å². The van der Waals surface area contributed by atoms with Gasteiger partial charge in [0.2, 0.25) is 5.91 Å². The highest BCUT2D eigenvalue weighted by Gasteiger charge is 2.33. The number of rotatable bonds is 4. The summed E-state index contributed by atoms with van der Waals surface area (Å²) < 4.78 is 5.56. The van der Waals surface area contributed by atoms with Crippen molar-refractivity contribution in [1.29, 1.82) is 0 Å². The molecule has 2 aliphatic heterocycles. The molecule has 25 heavy (non-hydrogen) atoms. The van der Waals surface area contributed by atoms with Gasteiger partial charge in [-0.2, -0.15) is 0 Å². The van der Waals surface area contributed by atoms with Gasteiger partial charge in [0, 0.05) is 0 Å². The first-order chi connectivity index (χ1) is 11.9. The van der Waals surface area contributed by atoms with Gasteiger partial charge >= 0.3 is 5.97 Å².